The Balaban J connectivity index is 1.97. The molecule has 1 aromatic carbocycles. The van der Waals surface area contributed by atoms with E-state index in [-0.39, 0.29) is 13.2 Å². The average molecular weight is 247 g/mol. The molecule has 0 amide bonds. The quantitative estimate of drug-likeness (QED) is 0.790. The molecule has 0 atom stereocenters. The van der Waals surface area contributed by atoms with Gasteiger partial charge < -0.3 is 10.2 Å². The maximum absolute atomic E-state index is 8.96. The van der Waals surface area contributed by atoms with E-state index in [1.165, 1.54) is 0 Å². The van der Waals surface area contributed by atoms with Crippen LogP contribution in [0.3, 0.4) is 0 Å². The lowest BCUT2D eigenvalue weighted by Gasteiger charge is -2.02. The summed E-state index contributed by atoms with van der Waals surface area (Å²) in [6.45, 7) is 0.905. The number of benzene rings is 1. The number of aryl methyl sites for hydroxylation is 1. The van der Waals surface area contributed by atoms with Crippen molar-refractivity contribution in [2.75, 3.05) is 6.61 Å². The van der Waals surface area contributed by atoms with E-state index in [4.69, 9.17) is 10.2 Å². The maximum Gasteiger partial charge on any atom is 0.0828 e. The van der Waals surface area contributed by atoms with Gasteiger partial charge in [-0.15, -0.1) is 5.10 Å². The smallest absolute Gasteiger partial charge is 0.0828 e. The van der Waals surface area contributed by atoms with E-state index < -0.39 is 0 Å². The molecule has 0 fully saturated rings. The molecule has 1 heterocycles. The van der Waals surface area contributed by atoms with E-state index in [2.05, 4.69) is 10.3 Å². The van der Waals surface area contributed by atoms with E-state index >= 15 is 0 Å². The minimum absolute atomic E-state index is 0.0644. The Kier molecular flexibility index (Phi) is 4.44. The lowest BCUT2D eigenvalue weighted by molar-refractivity contribution is 0.282. The van der Waals surface area contributed by atoms with Crippen LogP contribution in [0, 0.1) is 0 Å². The summed E-state index contributed by atoms with van der Waals surface area (Å²) in [5.41, 5.74) is 2.92. The molecule has 0 aliphatic rings. The molecule has 0 radical (unpaired) electrons. The first kappa shape index (κ1) is 12.7. The molecule has 0 saturated heterocycles. The fourth-order valence-corrected chi connectivity index (χ4v) is 1.73. The van der Waals surface area contributed by atoms with Crippen molar-refractivity contribution in [3.05, 3.63) is 47.3 Å². The van der Waals surface area contributed by atoms with Crippen LogP contribution in [0.2, 0.25) is 0 Å². The van der Waals surface area contributed by atoms with Gasteiger partial charge in [-0.25, -0.2) is 4.68 Å². The summed E-state index contributed by atoms with van der Waals surface area (Å²) in [6, 6.07) is 7.75. The molecule has 2 rings (SSSR count). The van der Waals surface area contributed by atoms with Crippen LogP contribution in [0.25, 0.3) is 0 Å². The van der Waals surface area contributed by atoms with Crippen molar-refractivity contribution in [3.8, 4) is 0 Å². The third-order valence-corrected chi connectivity index (χ3v) is 2.73. The lowest BCUT2D eigenvalue weighted by Crippen LogP contribution is -2.00. The molecule has 96 valence electrons. The summed E-state index contributed by atoms with van der Waals surface area (Å²) in [5, 5.41) is 25.8. The monoisotopic (exact) mass is 247 g/mol. The predicted octanol–water partition coefficient (Wildman–Crippen LogP) is 0.744. The summed E-state index contributed by atoms with van der Waals surface area (Å²) >= 11 is 0. The number of aromatic nitrogens is 3. The Hall–Kier alpha value is -1.72. The normalized spacial score (nSPS) is 10.8. The lowest BCUT2D eigenvalue weighted by atomic mass is 10.1. The molecule has 2 aromatic rings. The fourth-order valence-electron chi connectivity index (χ4n) is 1.73. The molecule has 18 heavy (non-hydrogen) atoms. The third-order valence-electron chi connectivity index (χ3n) is 2.73. The van der Waals surface area contributed by atoms with Gasteiger partial charge >= 0.3 is 0 Å². The second-order valence-electron chi connectivity index (χ2n) is 4.21. The van der Waals surface area contributed by atoms with Gasteiger partial charge in [0.2, 0.25) is 0 Å². The van der Waals surface area contributed by atoms with Crippen LogP contribution in [-0.2, 0) is 19.6 Å². The Morgan fingerprint density at radius 2 is 1.78 bits per heavy atom. The first-order valence-electron chi connectivity index (χ1n) is 6.00. The molecule has 2 N–H and O–H groups in total. The fraction of sp³-hybridized carbons (Fsp3) is 0.385. The summed E-state index contributed by atoms with van der Waals surface area (Å²) in [4.78, 5) is 0. The molecule has 1 aromatic heterocycles. The third kappa shape index (κ3) is 3.38. The molecule has 0 saturated carbocycles. The van der Waals surface area contributed by atoms with Gasteiger partial charge in [-0.05, 0) is 24.0 Å². The zero-order chi connectivity index (χ0) is 12.8. The number of hydrogen-bond donors (Lipinski definition) is 2. The van der Waals surface area contributed by atoms with Gasteiger partial charge in [0, 0.05) is 12.8 Å². The first-order valence-corrected chi connectivity index (χ1v) is 6.00. The number of aliphatic hydroxyl groups excluding tert-OH is 2. The second-order valence-corrected chi connectivity index (χ2v) is 4.21. The van der Waals surface area contributed by atoms with Crippen molar-refractivity contribution in [1.29, 1.82) is 0 Å². The minimum Gasteiger partial charge on any atom is -0.396 e. The van der Waals surface area contributed by atoms with Gasteiger partial charge in [0.25, 0.3) is 0 Å². The average Bonchev–Trinajstić information content (AvgIpc) is 2.85. The Morgan fingerprint density at radius 1 is 1.06 bits per heavy atom. The summed E-state index contributed by atoms with van der Waals surface area (Å²) in [7, 11) is 0. The molecule has 0 unspecified atom stereocenters. The highest BCUT2D eigenvalue weighted by Gasteiger charge is 2.01. The van der Waals surface area contributed by atoms with E-state index in [0.717, 1.165) is 23.2 Å². The molecule has 5 heteroatoms. The number of rotatable bonds is 6. The first-order chi connectivity index (χ1) is 8.81. The van der Waals surface area contributed by atoms with Crippen LogP contribution in [0.4, 0.5) is 0 Å². The second kappa shape index (κ2) is 6.28. The summed E-state index contributed by atoms with van der Waals surface area (Å²) in [5.74, 6) is 0. The van der Waals surface area contributed by atoms with Crippen LogP contribution >= 0.6 is 0 Å². The van der Waals surface area contributed by atoms with Gasteiger partial charge in [0.15, 0.2) is 0 Å². The summed E-state index contributed by atoms with van der Waals surface area (Å²) in [6.07, 6.45) is 3.36. The highest BCUT2D eigenvalue weighted by molar-refractivity contribution is 5.22. The van der Waals surface area contributed by atoms with Gasteiger partial charge in [0.1, 0.15) is 0 Å². The van der Waals surface area contributed by atoms with E-state index in [9.17, 15) is 0 Å². The van der Waals surface area contributed by atoms with Crippen molar-refractivity contribution in [1.82, 2.24) is 15.0 Å². The van der Waals surface area contributed by atoms with Crippen LogP contribution in [0.5, 0.6) is 0 Å². The van der Waals surface area contributed by atoms with Crippen LogP contribution < -0.4 is 0 Å². The van der Waals surface area contributed by atoms with Crippen molar-refractivity contribution < 1.29 is 10.2 Å². The zero-order valence-electron chi connectivity index (χ0n) is 10.2. The highest BCUT2D eigenvalue weighted by Crippen LogP contribution is 2.06. The van der Waals surface area contributed by atoms with Crippen molar-refractivity contribution in [3.63, 3.8) is 0 Å². The maximum atomic E-state index is 8.96. The van der Waals surface area contributed by atoms with E-state index in [1.54, 1.807) is 4.68 Å². The van der Waals surface area contributed by atoms with Crippen molar-refractivity contribution >= 4 is 0 Å². The van der Waals surface area contributed by atoms with Crippen LogP contribution in [-0.4, -0.2) is 31.8 Å². The molecular formula is C13H17N3O2. The highest BCUT2D eigenvalue weighted by atomic mass is 16.3. The Labute approximate surface area is 106 Å². The van der Waals surface area contributed by atoms with E-state index in [1.807, 2.05) is 30.5 Å². The molecule has 0 spiro atoms. The molecule has 5 nitrogen and oxygen atoms in total. The molecule has 0 aliphatic carbocycles. The Morgan fingerprint density at radius 3 is 2.44 bits per heavy atom. The molecule has 0 bridgehead atoms. The topological polar surface area (TPSA) is 71.2 Å². The SMILES string of the molecule is OCCCc1cn(Cc2ccc(CO)cc2)nn1. The predicted molar refractivity (Wildman–Crippen MR) is 66.9 cm³/mol. The van der Waals surface area contributed by atoms with Gasteiger partial charge in [-0.3, -0.25) is 0 Å². The standard InChI is InChI=1S/C13H17N3O2/c17-7-1-2-13-9-16(15-14-13)8-11-3-5-12(10-18)6-4-11/h3-6,9,17-18H,1-2,7-8,10H2. The van der Waals surface area contributed by atoms with Crippen LogP contribution in [0.1, 0.15) is 23.2 Å². The van der Waals surface area contributed by atoms with Gasteiger partial charge in [0.05, 0.1) is 18.8 Å². The number of nitrogens with zero attached hydrogens (tertiary/aromatic N) is 3. The molecular weight excluding hydrogens is 230 g/mol. The zero-order valence-corrected chi connectivity index (χ0v) is 10.2. The van der Waals surface area contributed by atoms with Gasteiger partial charge in [-0.2, -0.15) is 0 Å². The Bertz CT molecular complexity index is 479. The minimum atomic E-state index is 0.0644. The van der Waals surface area contributed by atoms with Crippen molar-refractivity contribution in [2.24, 2.45) is 0 Å². The van der Waals surface area contributed by atoms with Crippen LogP contribution in [0.15, 0.2) is 30.5 Å². The number of hydrogen-bond acceptors (Lipinski definition) is 4. The van der Waals surface area contributed by atoms with Crippen molar-refractivity contribution in [2.45, 2.75) is 26.0 Å². The summed E-state index contributed by atoms with van der Waals surface area (Å²) < 4.78 is 1.78. The number of aliphatic hydroxyl groups is 2. The van der Waals surface area contributed by atoms with E-state index in [0.29, 0.717) is 13.0 Å². The largest absolute Gasteiger partial charge is 0.396 e. The van der Waals surface area contributed by atoms with Gasteiger partial charge in [-0.1, -0.05) is 29.5 Å². The molecule has 0 aliphatic heterocycles.